The lowest BCUT2D eigenvalue weighted by molar-refractivity contribution is 0.198. The smallest absolute Gasteiger partial charge is 0.317 e. The number of anilines is 1. The fourth-order valence-electron chi connectivity index (χ4n) is 0.975. The molecule has 1 N–H and O–H groups in total. The molecule has 0 radical (unpaired) electrons. The Morgan fingerprint density at radius 1 is 1.47 bits per heavy atom. The van der Waals surface area contributed by atoms with Crippen LogP contribution in [0, 0.1) is 0 Å². The number of nitrogens with zero attached hydrogens (tertiary/aromatic N) is 3. The molecule has 1 aromatic rings. The molecule has 0 aromatic carbocycles. The Kier molecular flexibility index (Phi) is 5.06. The quantitative estimate of drug-likeness (QED) is 0.657. The van der Waals surface area contributed by atoms with Gasteiger partial charge in [-0.25, -0.2) is 0 Å². The lowest BCUT2D eigenvalue weighted by atomic mass is 10.6. The van der Waals surface area contributed by atoms with Crippen LogP contribution in [0.2, 0.25) is 0 Å². The average molecular weight is 214 g/mol. The number of hydrogen-bond acceptors (Lipinski definition) is 6. The van der Waals surface area contributed by atoms with E-state index in [0.717, 1.165) is 13.1 Å². The molecule has 0 aliphatic carbocycles. The van der Waals surface area contributed by atoms with Crippen LogP contribution in [0.4, 0.5) is 6.01 Å². The normalized spacial score (nSPS) is 10.6. The van der Waals surface area contributed by atoms with Crippen molar-refractivity contribution in [3.8, 4) is 0 Å². The van der Waals surface area contributed by atoms with Crippen molar-refractivity contribution in [2.75, 3.05) is 38.8 Å². The van der Waals surface area contributed by atoms with Crippen molar-refractivity contribution in [1.82, 2.24) is 15.5 Å². The van der Waals surface area contributed by atoms with Crippen LogP contribution in [0.5, 0.6) is 0 Å². The highest BCUT2D eigenvalue weighted by atomic mass is 16.5. The molecule has 0 aliphatic heterocycles. The fraction of sp³-hybridized carbons (Fsp3) is 0.778. The molecular formula is C9H18N4O2. The van der Waals surface area contributed by atoms with Crippen molar-refractivity contribution in [2.45, 2.75) is 13.5 Å². The number of hydrogen-bond donors (Lipinski definition) is 1. The average Bonchev–Trinajstić information content (AvgIpc) is 2.72. The van der Waals surface area contributed by atoms with Gasteiger partial charge < -0.3 is 19.4 Å². The van der Waals surface area contributed by atoms with E-state index in [1.54, 1.807) is 7.11 Å². The van der Waals surface area contributed by atoms with Gasteiger partial charge in [-0.3, -0.25) is 0 Å². The highest BCUT2D eigenvalue weighted by Crippen LogP contribution is 2.09. The van der Waals surface area contributed by atoms with Crippen molar-refractivity contribution in [1.29, 1.82) is 0 Å². The van der Waals surface area contributed by atoms with Crippen molar-refractivity contribution >= 4 is 6.01 Å². The number of ether oxygens (including phenoxy) is 1. The Balaban J connectivity index is 2.33. The van der Waals surface area contributed by atoms with E-state index < -0.39 is 0 Å². The van der Waals surface area contributed by atoms with Crippen molar-refractivity contribution in [2.24, 2.45) is 0 Å². The second-order valence-electron chi connectivity index (χ2n) is 3.16. The molecule has 6 nitrogen and oxygen atoms in total. The summed E-state index contributed by atoms with van der Waals surface area (Å²) >= 11 is 0. The summed E-state index contributed by atoms with van der Waals surface area (Å²) in [6, 6.07) is 0.557. The number of aromatic nitrogens is 2. The van der Waals surface area contributed by atoms with Gasteiger partial charge in [0.2, 0.25) is 5.89 Å². The first-order valence-corrected chi connectivity index (χ1v) is 5.01. The maximum Gasteiger partial charge on any atom is 0.317 e. The molecule has 0 amide bonds. The molecule has 0 unspecified atom stereocenters. The molecule has 0 saturated carbocycles. The van der Waals surface area contributed by atoms with Gasteiger partial charge in [-0.15, -0.1) is 5.10 Å². The van der Waals surface area contributed by atoms with E-state index >= 15 is 0 Å². The summed E-state index contributed by atoms with van der Waals surface area (Å²) in [4.78, 5) is 1.89. The highest BCUT2D eigenvalue weighted by molar-refractivity contribution is 5.20. The van der Waals surface area contributed by atoms with Gasteiger partial charge in [0.1, 0.15) is 0 Å². The number of nitrogens with one attached hydrogen (secondary N) is 1. The Bertz CT molecular complexity index is 277. The SMILES string of the molecule is CCN(C)c1nnc(CNCCOC)o1. The van der Waals surface area contributed by atoms with Crippen LogP contribution in [0.25, 0.3) is 0 Å². The van der Waals surface area contributed by atoms with Gasteiger partial charge in [-0.2, -0.15) is 0 Å². The standard InChI is InChI=1S/C9H18N4O2/c1-4-13(2)9-12-11-8(15-9)7-10-5-6-14-3/h10H,4-7H2,1-3H3. The van der Waals surface area contributed by atoms with E-state index in [-0.39, 0.29) is 0 Å². The summed E-state index contributed by atoms with van der Waals surface area (Å²) in [5.74, 6) is 0.599. The molecule has 1 heterocycles. The maximum atomic E-state index is 5.42. The van der Waals surface area contributed by atoms with E-state index in [1.165, 1.54) is 0 Å². The van der Waals surface area contributed by atoms with Gasteiger partial charge >= 0.3 is 6.01 Å². The maximum absolute atomic E-state index is 5.42. The van der Waals surface area contributed by atoms with Crippen molar-refractivity contribution in [3.05, 3.63) is 5.89 Å². The van der Waals surface area contributed by atoms with Crippen LogP contribution in [0.3, 0.4) is 0 Å². The lowest BCUT2D eigenvalue weighted by Gasteiger charge is -2.08. The third-order valence-corrected chi connectivity index (χ3v) is 2.02. The Labute approximate surface area is 89.6 Å². The van der Waals surface area contributed by atoms with Gasteiger partial charge in [-0.1, -0.05) is 5.10 Å². The largest absolute Gasteiger partial charge is 0.407 e. The van der Waals surface area contributed by atoms with E-state index in [1.807, 2.05) is 18.9 Å². The van der Waals surface area contributed by atoms with Crippen LogP contribution >= 0.6 is 0 Å². The summed E-state index contributed by atoms with van der Waals surface area (Å²) in [7, 11) is 3.58. The molecule has 0 atom stereocenters. The van der Waals surface area contributed by atoms with Crippen LogP contribution < -0.4 is 10.2 Å². The molecule has 0 aliphatic rings. The summed E-state index contributed by atoms with van der Waals surface area (Å²) < 4.78 is 10.3. The van der Waals surface area contributed by atoms with E-state index in [2.05, 4.69) is 15.5 Å². The van der Waals surface area contributed by atoms with E-state index in [9.17, 15) is 0 Å². The molecular weight excluding hydrogens is 196 g/mol. The van der Waals surface area contributed by atoms with Gasteiger partial charge in [-0.05, 0) is 6.92 Å². The van der Waals surface area contributed by atoms with E-state index in [0.29, 0.717) is 25.1 Å². The van der Waals surface area contributed by atoms with E-state index in [4.69, 9.17) is 9.15 Å². The topological polar surface area (TPSA) is 63.4 Å². The Morgan fingerprint density at radius 3 is 2.93 bits per heavy atom. The van der Waals surface area contributed by atoms with Crippen LogP contribution in [0.15, 0.2) is 4.42 Å². The zero-order valence-corrected chi connectivity index (χ0v) is 9.49. The molecule has 1 aromatic heterocycles. The molecule has 15 heavy (non-hydrogen) atoms. The van der Waals surface area contributed by atoms with Gasteiger partial charge in [0, 0.05) is 27.2 Å². The highest BCUT2D eigenvalue weighted by Gasteiger charge is 2.08. The summed E-state index contributed by atoms with van der Waals surface area (Å²) in [6.07, 6.45) is 0. The zero-order valence-electron chi connectivity index (χ0n) is 9.49. The van der Waals surface area contributed by atoms with Crippen molar-refractivity contribution in [3.63, 3.8) is 0 Å². The second-order valence-corrected chi connectivity index (χ2v) is 3.16. The predicted molar refractivity (Wildman–Crippen MR) is 56.8 cm³/mol. The monoisotopic (exact) mass is 214 g/mol. The summed E-state index contributed by atoms with van der Waals surface area (Å²) in [6.45, 7) is 4.90. The van der Waals surface area contributed by atoms with Crippen LogP contribution in [0.1, 0.15) is 12.8 Å². The first kappa shape index (κ1) is 11.9. The molecule has 0 saturated heterocycles. The molecule has 0 bridgehead atoms. The van der Waals surface area contributed by atoms with Gasteiger partial charge in [0.05, 0.1) is 13.2 Å². The van der Waals surface area contributed by atoms with Crippen LogP contribution in [-0.4, -0.2) is 44.1 Å². The first-order valence-electron chi connectivity index (χ1n) is 5.01. The van der Waals surface area contributed by atoms with Gasteiger partial charge in [0.25, 0.3) is 0 Å². The number of rotatable bonds is 7. The molecule has 0 spiro atoms. The molecule has 6 heteroatoms. The summed E-state index contributed by atoms with van der Waals surface area (Å²) in [5.41, 5.74) is 0. The molecule has 0 fully saturated rings. The summed E-state index contributed by atoms with van der Waals surface area (Å²) in [5, 5.41) is 11.0. The third-order valence-electron chi connectivity index (χ3n) is 2.02. The lowest BCUT2D eigenvalue weighted by Crippen LogP contribution is -2.18. The van der Waals surface area contributed by atoms with Crippen LogP contribution in [-0.2, 0) is 11.3 Å². The third kappa shape index (κ3) is 3.85. The zero-order chi connectivity index (χ0) is 11.1. The number of methoxy groups -OCH3 is 1. The minimum Gasteiger partial charge on any atom is -0.407 e. The Hall–Kier alpha value is -1.14. The Morgan fingerprint density at radius 2 is 2.27 bits per heavy atom. The van der Waals surface area contributed by atoms with Crippen molar-refractivity contribution < 1.29 is 9.15 Å². The first-order chi connectivity index (χ1) is 7.27. The minimum absolute atomic E-state index is 0.557. The minimum atomic E-state index is 0.557. The predicted octanol–water partition coefficient (Wildman–Crippen LogP) is 0.262. The molecule has 1 rings (SSSR count). The van der Waals surface area contributed by atoms with Gasteiger partial charge in [0.15, 0.2) is 0 Å². The fourth-order valence-corrected chi connectivity index (χ4v) is 0.975. The molecule has 86 valence electrons. The second kappa shape index (κ2) is 6.36.